The van der Waals surface area contributed by atoms with Gasteiger partial charge in [0.05, 0.1) is 12.6 Å². The Balaban J connectivity index is 2.51. The number of carbonyl (C=O) groups excluding carboxylic acids is 1. The van der Waals surface area contributed by atoms with Crippen LogP contribution in [0.3, 0.4) is 0 Å². The molecular weight excluding hydrogens is 132 g/mol. The zero-order valence-corrected chi connectivity index (χ0v) is 6.04. The molecule has 58 valence electrons. The van der Waals surface area contributed by atoms with Crippen LogP contribution in [0.4, 0.5) is 0 Å². The maximum atomic E-state index is 11.0. The summed E-state index contributed by atoms with van der Waals surface area (Å²) < 4.78 is 0. The lowest BCUT2D eigenvalue weighted by molar-refractivity contribution is -0.199. The number of nitrogens with two attached hydrogens (primary N) is 1. The van der Waals surface area contributed by atoms with Crippen molar-refractivity contribution in [3.05, 3.63) is 0 Å². The molecule has 1 amide bonds. The molecule has 0 spiro atoms. The molecule has 1 aliphatic heterocycles. The smallest absolute Gasteiger partial charge is 0.263 e. The van der Waals surface area contributed by atoms with Gasteiger partial charge in [0.2, 0.25) is 0 Å². The summed E-state index contributed by atoms with van der Waals surface area (Å²) in [4.78, 5) is 16.0. The lowest BCUT2D eigenvalue weighted by Crippen LogP contribution is -2.48. The Labute approximate surface area is 59.9 Å². The van der Waals surface area contributed by atoms with Gasteiger partial charge >= 0.3 is 0 Å². The number of amides is 1. The largest absolute Gasteiger partial charge is 0.320 e. The zero-order valence-electron chi connectivity index (χ0n) is 6.04. The molecule has 0 radical (unpaired) electrons. The average molecular weight is 144 g/mol. The Morgan fingerprint density at radius 1 is 1.90 bits per heavy atom. The lowest BCUT2D eigenvalue weighted by atomic mass is 10.2. The third-order valence-electron chi connectivity index (χ3n) is 1.53. The van der Waals surface area contributed by atoms with Gasteiger partial charge in [0.25, 0.3) is 5.91 Å². The molecule has 1 atom stereocenters. The van der Waals surface area contributed by atoms with E-state index in [-0.39, 0.29) is 11.9 Å². The van der Waals surface area contributed by atoms with Crippen molar-refractivity contribution in [3.63, 3.8) is 0 Å². The molecular formula is C6H12N2O2. The van der Waals surface area contributed by atoms with Crippen molar-refractivity contribution in [1.29, 1.82) is 0 Å². The maximum Gasteiger partial charge on any atom is 0.263 e. The van der Waals surface area contributed by atoms with E-state index in [0.717, 1.165) is 0 Å². The van der Waals surface area contributed by atoms with E-state index in [1.165, 1.54) is 5.06 Å². The first-order valence-electron chi connectivity index (χ1n) is 3.45. The highest BCUT2D eigenvalue weighted by Gasteiger charge is 2.24. The minimum absolute atomic E-state index is 0.103. The normalized spacial score (nSPS) is 27.2. The van der Waals surface area contributed by atoms with E-state index in [1.807, 2.05) is 6.92 Å². The number of hydroxylamine groups is 2. The van der Waals surface area contributed by atoms with Crippen LogP contribution in [0.2, 0.25) is 0 Å². The Kier molecular flexibility index (Phi) is 2.24. The molecule has 0 unspecified atom stereocenters. The van der Waals surface area contributed by atoms with E-state index >= 15 is 0 Å². The fraction of sp³-hybridized carbons (Fsp3) is 0.833. The second-order valence-corrected chi connectivity index (χ2v) is 2.26. The average Bonchev–Trinajstić information content (AvgIpc) is 1.95. The summed E-state index contributed by atoms with van der Waals surface area (Å²) >= 11 is 0. The summed E-state index contributed by atoms with van der Waals surface area (Å²) in [5, 5.41) is 1.31. The molecule has 0 aromatic carbocycles. The molecule has 1 aliphatic rings. The highest BCUT2D eigenvalue weighted by atomic mass is 16.7. The van der Waals surface area contributed by atoms with Gasteiger partial charge in [-0.05, 0) is 13.3 Å². The summed E-state index contributed by atoms with van der Waals surface area (Å²) in [7, 11) is 0. The van der Waals surface area contributed by atoms with E-state index in [2.05, 4.69) is 0 Å². The topological polar surface area (TPSA) is 55.6 Å². The molecule has 0 saturated carbocycles. The van der Waals surface area contributed by atoms with Crippen molar-refractivity contribution in [3.8, 4) is 0 Å². The number of hydrogen-bond acceptors (Lipinski definition) is 3. The quantitative estimate of drug-likeness (QED) is 0.539. The first-order valence-corrected chi connectivity index (χ1v) is 3.45. The van der Waals surface area contributed by atoms with Crippen LogP contribution >= 0.6 is 0 Å². The van der Waals surface area contributed by atoms with Gasteiger partial charge in [-0.1, -0.05) is 0 Å². The van der Waals surface area contributed by atoms with E-state index < -0.39 is 0 Å². The van der Waals surface area contributed by atoms with Crippen molar-refractivity contribution in [2.45, 2.75) is 19.4 Å². The summed E-state index contributed by atoms with van der Waals surface area (Å²) in [6, 6.07) is -0.353. The van der Waals surface area contributed by atoms with E-state index in [9.17, 15) is 4.79 Å². The Bertz CT molecular complexity index is 138. The molecule has 1 heterocycles. The van der Waals surface area contributed by atoms with Crippen molar-refractivity contribution in [2.24, 2.45) is 5.73 Å². The third-order valence-corrected chi connectivity index (χ3v) is 1.53. The number of rotatable bonds is 1. The minimum atomic E-state index is -0.353. The van der Waals surface area contributed by atoms with Crippen LogP contribution in [0, 0.1) is 0 Å². The highest BCUT2D eigenvalue weighted by molar-refractivity contribution is 5.81. The fourth-order valence-corrected chi connectivity index (χ4v) is 0.909. The summed E-state index contributed by atoms with van der Waals surface area (Å²) in [6.45, 7) is 2.99. The van der Waals surface area contributed by atoms with Crippen LogP contribution in [0.1, 0.15) is 13.3 Å². The second kappa shape index (κ2) is 2.98. The van der Waals surface area contributed by atoms with Crippen molar-refractivity contribution in [1.82, 2.24) is 5.06 Å². The van der Waals surface area contributed by atoms with Gasteiger partial charge in [-0.3, -0.25) is 9.63 Å². The fourth-order valence-electron chi connectivity index (χ4n) is 0.909. The van der Waals surface area contributed by atoms with E-state index in [1.54, 1.807) is 0 Å². The zero-order chi connectivity index (χ0) is 7.56. The Hall–Kier alpha value is -0.610. The van der Waals surface area contributed by atoms with Crippen LogP contribution < -0.4 is 5.73 Å². The SMILES string of the molecule is CCN1OCC[C@H](N)C1=O. The van der Waals surface area contributed by atoms with Crippen molar-refractivity contribution in [2.75, 3.05) is 13.2 Å². The summed E-state index contributed by atoms with van der Waals surface area (Å²) in [5.74, 6) is -0.103. The Morgan fingerprint density at radius 2 is 2.60 bits per heavy atom. The van der Waals surface area contributed by atoms with Gasteiger partial charge < -0.3 is 5.73 Å². The molecule has 1 fully saturated rings. The van der Waals surface area contributed by atoms with Gasteiger partial charge in [0, 0.05) is 6.54 Å². The van der Waals surface area contributed by atoms with Crippen molar-refractivity contribution < 1.29 is 9.63 Å². The predicted molar refractivity (Wildman–Crippen MR) is 35.9 cm³/mol. The number of hydrogen-bond donors (Lipinski definition) is 1. The van der Waals surface area contributed by atoms with Gasteiger partial charge in [0.1, 0.15) is 0 Å². The van der Waals surface area contributed by atoms with Crippen LogP contribution in [0.15, 0.2) is 0 Å². The van der Waals surface area contributed by atoms with Crippen molar-refractivity contribution >= 4 is 5.91 Å². The molecule has 0 aliphatic carbocycles. The standard InChI is InChI=1S/C6H12N2O2/c1-2-8-6(9)5(7)3-4-10-8/h5H,2-4,7H2,1H3/t5-/m0/s1. The molecule has 4 nitrogen and oxygen atoms in total. The maximum absolute atomic E-state index is 11.0. The molecule has 0 bridgehead atoms. The molecule has 2 N–H and O–H groups in total. The van der Waals surface area contributed by atoms with Crippen LogP contribution in [0.25, 0.3) is 0 Å². The molecule has 0 aromatic rings. The Morgan fingerprint density at radius 3 is 3.10 bits per heavy atom. The third kappa shape index (κ3) is 1.27. The van der Waals surface area contributed by atoms with Crippen LogP contribution in [-0.2, 0) is 9.63 Å². The number of carbonyl (C=O) groups is 1. The minimum Gasteiger partial charge on any atom is -0.320 e. The summed E-state index contributed by atoms with van der Waals surface area (Å²) in [6.07, 6.45) is 0.634. The first kappa shape index (κ1) is 7.50. The first-order chi connectivity index (χ1) is 4.75. The van der Waals surface area contributed by atoms with Crippen LogP contribution in [-0.4, -0.2) is 30.2 Å². The highest BCUT2D eigenvalue weighted by Crippen LogP contribution is 2.05. The number of likely N-dealkylation sites (N-methyl/N-ethyl adjacent to an activating group) is 1. The van der Waals surface area contributed by atoms with E-state index in [0.29, 0.717) is 19.6 Å². The molecule has 0 aromatic heterocycles. The lowest BCUT2D eigenvalue weighted by Gasteiger charge is -2.28. The van der Waals surface area contributed by atoms with E-state index in [4.69, 9.17) is 10.6 Å². The van der Waals surface area contributed by atoms with Gasteiger partial charge in [0.15, 0.2) is 0 Å². The summed E-state index contributed by atoms with van der Waals surface area (Å²) in [5.41, 5.74) is 5.47. The second-order valence-electron chi connectivity index (χ2n) is 2.26. The molecule has 1 saturated heterocycles. The monoisotopic (exact) mass is 144 g/mol. The predicted octanol–water partition coefficient (Wildman–Crippen LogP) is -0.503. The number of nitrogens with zero attached hydrogens (tertiary/aromatic N) is 1. The molecule has 4 heteroatoms. The van der Waals surface area contributed by atoms with Crippen LogP contribution in [0.5, 0.6) is 0 Å². The van der Waals surface area contributed by atoms with Gasteiger partial charge in [-0.15, -0.1) is 0 Å². The molecule has 1 rings (SSSR count). The van der Waals surface area contributed by atoms with Gasteiger partial charge in [-0.25, -0.2) is 5.06 Å². The van der Waals surface area contributed by atoms with Gasteiger partial charge in [-0.2, -0.15) is 0 Å². The molecule has 10 heavy (non-hydrogen) atoms.